The third kappa shape index (κ3) is 6.03. The van der Waals surface area contributed by atoms with Crippen molar-refractivity contribution < 1.29 is 9.59 Å². The quantitative estimate of drug-likeness (QED) is 0.530. The van der Waals surface area contributed by atoms with Gasteiger partial charge in [-0.05, 0) is 55.1 Å². The summed E-state index contributed by atoms with van der Waals surface area (Å²) in [7, 11) is 0. The van der Waals surface area contributed by atoms with Crippen molar-refractivity contribution in [3.63, 3.8) is 0 Å². The van der Waals surface area contributed by atoms with Crippen LogP contribution in [-0.4, -0.2) is 36.3 Å². The Labute approximate surface area is 184 Å². The number of hydrogen-bond donors (Lipinski definition) is 2. The maximum Gasteiger partial charge on any atom is 0.255 e. The summed E-state index contributed by atoms with van der Waals surface area (Å²) in [5.41, 5.74) is 2.98. The molecular weight excluding hydrogens is 386 g/mol. The molecule has 1 unspecified atom stereocenters. The number of rotatable bonds is 9. The number of hydrogen-bond acceptors (Lipinski definition) is 3. The highest BCUT2D eigenvalue weighted by Gasteiger charge is 2.19. The number of anilines is 1. The first-order valence-corrected chi connectivity index (χ1v) is 10.7. The van der Waals surface area contributed by atoms with Crippen molar-refractivity contribution in [1.29, 1.82) is 0 Å². The fourth-order valence-electron chi connectivity index (χ4n) is 3.59. The molecule has 0 aliphatic rings. The lowest BCUT2D eigenvalue weighted by Gasteiger charge is -2.30. The highest BCUT2D eigenvalue weighted by Crippen LogP contribution is 2.20. The number of amides is 2. The molecule has 3 aromatic rings. The summed E-state index contributed by atoms with van der Waals surface area (Å²) in [4.78, 5) is 27.3. The van der Waals surface area contributed by atoms with Crippen LogP contribution in [0.15, 0.2) is 84.9 Å². The minimum Gasteiger partial charge on any atom is -0.350 e. The third-order valence-electron chi connectivity index (χ3n) is 5.33. The van der Waals surface area contributed by atoms with Gasteiger partial charge in [-0.3, -0.25) is 14.5 Å². The van der Waals surface area contributed by atoms with Crippen LogP contribution in [0.3, 0.4) is 0 Å². The number of nitrogens with zero attached hydrogens (tertiary/aromatic N) is 1. The lowest BCUT2D eigenvalue weighted by Crippen LogP contribution is -2.38. The van der Waals surface area contributed by atoms with Gasteiger partial charge >= 0.3 is 0 Å². The molecule has 2 N–H and O–H groups in total. The Hall–Kier alpha value is -3.44. The topological polar surface area (TPSA) is 61.4 Å². The number of carbonyl (C=O) groups excluding carboxylic acids is 2. The molecule has 0 saturated heterocycles. The van der Waals surface area contributed by atoms with Gasteiger partial charge in [0, 0.05) is 23.4 Å². The summed E-state index contributed by atoms with van der Waals surface area (Å²) >= 11 is 0. The van der Waals surface area contributed by atoms with E-state index in [0.717, 1.165) is 13.1 Å². The molecule has 160 valence electrons. The predicted molar refractivity (Wildman–Crippen MR) is 125 cm³/mol. The maximum atomic E-state index is 12.7. The second-order valence-electron chi connectivity index (χ2n) is 7.26. The molecule has 2 amide bonds. The van der Waals surface area contributed by atoms with Gasteiger partial charge in [-0.15, -0.1) is 0 Å². The van der Waals surface area contributed by atoms with Gasteiger partial charge in [0.25, 0.3) is 11.8 Å². The largest absolute Gasteiger partial charge is 0.350 e. The van der Waals surface area contributed by atoms with Crippen LogP contribution in [0.4, 0.5) is 5.69 Å². The van der Waals surface area contributed by atoms with Crippen LogP contribution in [-0.2, 0) is 0 Å². The van der Waals surface area contributed by atoms with E-state index in [1.807, 2.05) is 36.4 Å². The van der Waals surface area contributed by atoms with E-state index in [1.54, 1.807) is 36.4 Å². The fourth-order valence-corrected chi connectivity index (χ4v) is 3.59. The molecule has 31 heavy (non-hydrogen) atoms. The Balaban J connectivity index is 1.62. The van der Waals surface area contributed by atoms with E-state index in [9.17, 15) is 9.59 Å². The molecule has 5 heteroatoms. The Bertz CT molecular complexity index is 969. The fraction of sp³-hybridized carbons (Fsp3) is 0.231. The Morgan fingerprint density at radius 3 is 1.87 bits per heavy atom. The lowest BCUT2D eigenvalue weighted by molar-refractivity contribution is 0.0934. The van der Waals surface area contributed by atoms with Crippen LogP contribution >= 0.6 is 0 Å². The average molecular weight is 416 g/mol. The summed E-state index contributed by atoms with van der Waals surface area (Å²) in [6, 6.07) is 26.3. The van der Waals surface area contributed by atoms with Gasteiger partial charge in [0.1, 0.15) is 0 Å². The van der Waals surface area contributed by atoms with Crippen molar-refractivity contribution in [2.75, 3.05) is 25.0 Å². The molecule has 0 aliphatic heterocycles. The van der Waals surface area contributed by atoms with E-state index < -0.39 is 0 Å². The summed E-state index contributed by atoms with van der Waals surface area (Å²) in [5, 5.41) is 5.91. The van der Waals surface area contributed by atoms with E-state index in [-0.39, 0.29) is 17.9 Å². The number of nitrogens with one attached hydrogen (secondary N) is 2. The van der Waals surface area contributed by atoms with E-state index >= 15 is 0 Å². The highest BCUT2D eigenvalue weighted by molar-refractivity contribution is 6.04. The van der Waals surface area contributed by atoms with Crippen molar-refractivity contribution in [3.8, 4) is 0 Å². The van der Waals surface area contributed by atoms with Crippen LogP contribution in [0.2, 0.25) is 0 Å². The third-order valence-corrected chi connectivity index (χ3v) is 5.33. The Kier molecular flexibility index (Phi) is 7.96. The standard InChI is InChI=1S/C26H29N3O2/c1-3-29(4-2)24(20-11-7-5-8-12-20)19-27-25(30)22-15-17-23(18-16-22)28-26(31)21-13-9-6-10-14-21/h5-18,24H,3-4,19H2,1-2H3,(H,27,30)(H,28,31). The second-order valence-corrected chi connectivity index (χ2v) is 7.26. The molecule has 0 spiro atoms. The summed E-state index contributed by atoms with van der Waals surface area (Å²) in [6.45, 7) is 6.59. The second kappa shape index (κ2) is 11.1. The predicted octanol–water partition coefficient (Wildman–Crippen LogP) is 4.75. The normalized spacial score (nSPS) is 11.7. The van der Waals surface area contributed by atoms with Gasteiger partial charge in [-0.25, -0.2) is 0 Å². The molecule has 0 saturated carbocycles. The van der Waals surface area contributed by atoms with Crippen molar-refractivity contribution in [1.82, 2.24) is 10.2 Å². The Morgan fingerprint density at radius 2 is 1.29 bits per heavy atom. The molecule has 0 aliphatic carbocycles. The summed E-state index contributed by atoms with van der Waals surface area (Å²) < 4.78 is 0. The molecule has 3 rings (SSSR count). The maximum absolute atomic E-state index is 12.7. The zero-order valence-electron chi connectivity index (χ0n) is 18.0. The van der Waals surface area contributed by atoms with Crippen LogP contribution < -0.4 is 10.6 Å². The number of likely N-dealkylation sites (N-methyl/N-ethyl adjacent to an activating group) is 1. The van der Waals surface area contributed by atoms with Gasteiger partial charge in [0.2, 0.25) is 0 Å². The minimum absolute atomic E-state index is 0.115. The molecule has 0 fully saturated rings. The van der Waals surface area contributed by atoms with E-state index in [1.165, 1.54) is 5.56 Å². The average Bonchev–Trinajstić information content (AvgIpc) is 2.83. The van der Waals surface area contributed by atoms with Crippen molar-refractivity contribution >= 4 is 17.5 Å². The van der Waals surface area contributed by atoms with Crippen molar-refractivity contribution in [2.24, 2.45) is 0 Å². The van der Waals surface area contributed by atoms with Gasteiger partial charge in [-0.2, -0.15) is 0 Å². The smallest absolute Gasteiger partial charge is 0.255 e. The summed E-state index contributed by atoms with van der Waals surface area (Å²) in [5.74, 6) is -0.309. The van der Waals surface area contributed by atoms with Crippen LogP contribution in [0.5, 0.6) is 0 Å². The van der Waals surface area contributed by atoms with Crippen molar-refractivity contribution in [3.05, 3.63) is 102 Å². The van der Waals surface area contributed by atoms with E-state index in [0.29, 0.717) is 23.4 Å². The van der Waals surface area contributed by atoms with Gasteiger partial charge in [0.15, 0.2) is 0 Å². The monoisotopic (exact) mass is 415 g/mol. The van der Waals surface area contributed by atoms with Crippen LogP contribution in [0.1, 0.15) is 46.2 Å². The highest BCUT2D eigenvalue weighted by atomic mass is 16.2. The molecule has 5 nitrogen and oxygen atoms in total. The summed E-state index contributed by atoms with van der Waals surface area (Å²) in [6.07, 6.45) is 0. The molecule has 3 aromatic carbocycles. The lowest BCUT2D eigenvalue weighted by atomic mass is 10.0. The molecular formula is C26H29N3O2. The zero-order valence-corrected chi connectivity index (χ0v) is 18.0. The minimum atomic E-state index is -0.178. The first-order valence-electron chi connectivity index (χ1n) is 10.7. The van der Waals surface area contributed by atoms with Crippen LogP contribution in [0.25, 0.3) is 0 Å². The molecule has 0 heterocycles. The molecule has 1 atom stereocenters. The first kappa shape index (κ1) is 22.2. The SMILES string of the molecule is CCN(CC)C(CNC(=O)c1ccc(NC(=O)c2ccccc2)cc1)c1ccccc1. The van der Waals surface area contributed by atoms with E-state index in [2.05, 4.69) is 41.5 Å². The number of benzene rings is 3. The molecule has 0 radical (unpaired) electrons. The molecule has 0 aromatic heterocycles. The Morgan fingerprint density at radius 1 is 0.742 bits per heavy atom. The van der Waals surface area contributed by atoms with E-state index in [4.69, 9.17) is 0 Å². The zero-order chi connectivity index (χ0) is 22.1. The van der Waals surface area contributed by atoms with Gasteiger partial charge < -0.3 is 10.6 Å². The van der Waals surface area contributed by atoms with Crippen molar-refractivity contribution in [2.45, 2.75) is 19.9 Å². The first-order chi connectivity index (χ1) is 15.1. The number of carbonyl (C=O) groups is 2. The van der Waals surface area contributed by atoms with Crippen LogP contribution in [0, 0.1) is 0 Å². The van der Waals surface area contributed by atoms with Gasteiger partial charge in [0.05, 0.1) is 6.04 Å². The molecule has 0 bridgehead atoms. The van der Waals surface area contributed by atoms with Gasteiger partial charge in [-0.1, -0.05) is 62.4 Å².